The SMILES string of the molecule is Cc1cnc(P(=O)(c2ccccc2)c2ccccc2)s1. The quantitative estimate of drug-likeness (QED) is 0.696. The molecule has 0 aliphatic carbocycles. The summed E-state index contributed by atoms with van der Waals surface area (Å²) in [4.78, 5) is 5.47. The molecule has 0 aliphatic rings. The minimum absolute atomic E-state index is 0.701. The molecule has 1 aromatic heterocycles. The fraction of sp³-hybridized carbons (Fsp3) is 0.0625. The maximum atomic E-state index is 13.8. The molecule has 0 amide bonds. The second-order valence-electron chi connectivity index (χ2n) is 4.53. The molecule has 3 aromatic rings. The summed E-state index contributed by atoms with van der Waals surface area (Å²) in [5.74, 6) is 0. The second-order valence-corrected chi connectivity index (χ2v) is 8.75. The third kappa shape index (κ3) is 2.24. The highest BCUT2D eigenvalue weighted by molar-refractivity contribution is 7.88. The molecule has 0 fully saturated rings. The summed E-state index contributed by atoms with van der Waals surface area (Å²) in [7, 11) is -2.85. The number of benzene rings is 2. The van der Waals surface area contributed by atoms with Gasteiger partial charge in [0.1, 0.15) is 0 Å². The number of thiazole rings is 1. The normalized spacial score (nSPS) is 11.4. The van der Waals surface area contributed by atoms with E-state index in [0.29, 0.717) is 4.75 Å². The van der Waals surface area contributed by atoms with E-state index in [4.69, 9.17) is 0 Å². The Morgan fingerprint density at radius 3 is 1.80 bits per heavy atom. The van der Waals surface area contributed by atoms with Crippen molar-refractivity contribution in [1.82, 2.24) is 4.98 Å². The largest absolute Gasteiger partial charge is 0.306 e. The van der Waals surface area contributed by atoms with E-state index < -0.39 is 7.14 Å². The number of hydrogen-bond donors (Lipinski definition) is 0. The van der Waals surface area contributed by atoms with Crippen LogP contribution in [0.15, 0.2) is 66.9 Å². The average Bonchev–Trinajstić information content (AvgIpc) is 2.95. The van der Waals surface area contributed by atoms with Crippen molar-refractivity contribution in [2.75, 3.05) is 0 Å². The van der Waals surface area contributed by atoms with Gasteiger partial charge in [0.15, 0.2) is 11.9 Å². The summed E-state index contributed by atoms with van der Waals surface area (Å²) in [6.07, 6.45) is 1.79. The van der Waals surface area contributed by atoms with Crippen LogP contribution >= 0.6 is 18.5 Å². The molecule has 1 heterocycles. The fourth-order valence-corrected chi connectivity index (χ4v) is 6.36. The molecule has 0 saturated heterocycles. The number of rotatable bonds is 3. The van der Waals surface area contributed by atoms with Crippen molar-refractivity contribution in [2.24, 2.45) is 0 Å². The van der Waals surface area contributed by atoms with E-state index in [1.165, 1.54) is 11.3 Å². The first-order chi connectivity index (χ1) is 9.71. The molecule has 4 heteroatoms. The Balaban J connectivity index is 2.26. The van der Waals surface area contributed by atoms with E-state index in [-0.39, 0.29) is 0 Å². The van der Waals surface area contributed by atoms with Gasteiger partial charge in [-0.15, -0.1) is 11.3 Å². The predicted octanol–water partition coefficient (Wildman–Crippen LogP) is 3.09. The van der Waals surface area contributed by atoms with Crippen LogP contribution in [0.4, 0.5) is 0 Å². The molecule has 0 radical (unpaired) electrons. The van der Waals surface area contributed by atoms with Crippen LogP contribution in [0.2, 0.25) is 0 Å². The van der Waals surface area contributed by atoms with Crippen molar-refractivity contribution in [2.45, 2.75) is 6.92 Å². The average molecular weight is 299 g/mol. The first-order valence-electron chi connectivity index (χ1n) is 6.35. The van der Waals surface area contributed by atoms with Crippen LogP contribution in [0, 0.1) is 6.92 Å². The molecule has 2 aromatic carbocycles. The van der Waals surface area contributed by atoms with E-state index in [9.17, 15) is 4.57 Å². The molecule has 0 atom stereocenters. The van der Waals surface area contributed by atoms with Crippen molar-refractivity contribution in [1.29, 1.82) is 0 Å². The van der Waals surface area contributed by atoms with Gasteiger partial charge >= 0.3 is 0 Å². The maximum absolute atomic E-state index is 13.8. The molecular formula is C16H14NOPS. The lowest BCUT2D eigenvalue weighted by Crippen LogP contribution is -2.24. The first-order valence-corrected chi connectivity index (χ1v) is 8.88. The van der Waals surface area contributed by atoms with E-state index >= 15 is 0 Å². The van der Waals surface area contributed by atoms with Gasteiger partial charge in [0.05, 0.1) is 0 Å². The summed E-state index contributed by atoms with van der Waals surface area (Å²) in [5.41, 5.74) is 0. The summed E-state index contributed by atoms with van der Waals surface area (Å²) >= 11 is 1.51. The third-order valence-electron chi connectivity index (χ3n) is 3.12. The van der Waals surface area contributed by atoms with E-state index in [2.05, 4.69) is 4.98 Å². The van der Waals surface area contributed by atoms with Crippen LogP contribution in [0.1, 0.15) is 4.88 Å². The second kappa shape index (κ2) is 5.35. The Hall–Kier alpha value is -1.70. The number of hydrogen-bond acceptors (Lipinski definition) is 3. The van der Waals surface area contributed by atoms with E-state index in [1.807, 2.05) is 67.6 Å². The Labute approximate surface area is 122 Å². The van der Waals surface area contributed by atoms with Gasteiger partial charge in [-0.2, -0.15) is 0 Å². The summed E-state index contributed by atoms with van der Waals surface area (Å²) < 4.78 is 14.5. The standard InChI is InChI=1S/C16H14NOPS/c1-13-12-17-16(20-13)19(18,14-8-4-2-5-9-14)15-10-6-3-7-11-15/h2-12H,1H3. The van der Waals surface area contributed by atoms with Gasteiger partial charge in [-0.3, -0.25) is 0 Å². The zero-order chi connectivity index (χ0) is 14.0. The molecular weight excluding hydrogens is 285 g/mol. The van der Waals surface area contributed by atoms with Gasteiger partial charge < -0.3 is 4.57 Å². The zero-order valence-corrected chi connectivity index (χ0v) is 12.8. The minimum atomic E-state index is -2.85. The molecule has 0 unspecified atom stereocenters. The van der Waals surface area contributed by atoms with Gasteiger partial charge in [0, 0.05) is 21.7 Å². The monoisotopic (exact) mass is 299 g/mol. The fourth-order valence-electron chi connectivity index (χ4n) is 2.13. The van der Waals surface area contributed by atoms with Gasteiger partial charge in [-0.25, -0.2) is 4.98 Å². The molecule has 0 bridgehead atoms. The number of aryl methyl sites for hydroxylation is 1. The lowest BCUT2D eigenvalue weighted by Gasteiger charge is -2.16. The summed E-state index contributed by atoms with van der Waals surface area (Å²) in [6.45, 7) is 1.99. The van der Waals surface area contributed by atoms with Crippen LogP contribution in [0.5, 0.6) is 0 Å². The molecule has 0 aliphatic heterocycles. The van der Waals surface area contributed by atoms with E-state index in [1.54, 1.807) is 6.20 Å². The van der Waals surface area contributed by atoms with Crippen LogP contribution in [-0.4, -0.2) is 4.98 Å². The summed E-state index contributed by atoms with van der Waals surface area (Å²) in [6, 6.07) is 19.2. The molecule has 20 heavy (non-hydrogen) atoms. The van der Waals surface area contributed by atoms with Crippen LogP contribution in [0.3, 0.4) is 0 Å². The predicted molar refractivity (Wildman–Crippen MR) is 86.2 cm³/mol. The number of nitrogens with zero attached hydrogens (tertiary/aromatic N) is 1. The Morgan fingerprint density at radius 1 is 0.900 bits per heavy atom. The van der Waals surface area contributed by atoms with Crippen LogP contribution in [-0.2, 0) is 4.57 Å². The highest BCUT2D eigenvalue weighted by atomic mass is 32.1. The molecule has 0 N–H and O–H groups in total. The first kappa shape index (κ1) is 13.3. The van der Waals surface area contributed by atoms with Gasteiger partial charge in [-0.05, 0) is 6.92 Å². The van der Waals surface area contributed by atoms with Crippen molar-refractivity contribution < 1.29 is 4.57 Å². The zero-order valence-electron chi connectivity index (χ0n) is 11.1. The Bertz CT molecular complexity index is 709. The highest BCUT2D eigenvalue weighted by Crippen LogP contribution is 2.43. The van der Waals surface area contributed by atoms with Crippen LogP contribution < -0.4 is 15.4 Å². The van der Waals surface area contributed by atoms with Crippen molar-refractivity contribution in [3.05, 3.63) is 71.7 Å². The van der Waals surface area contributed by atoms with Gasteiger partial charge in [-0.1, -0.05) is 60.7 Å². The maximum Gasteiger partial charge on any atom is 0.198 e. The summed E-state index contributed by atoms with van der Waals surface area (Å²) in [5, 5.41) is 1.67. The highest BCUT2D eigenvalue weighted by Gasteiger charge is 2.32. The lowest BCUT2D eigenvalue weighted by molar-refractivity contribution is 0.592. The number of aromatic nitrogens is 1. The van der Waals surface area contributed by atoms with Gasteiger partial charge in [0.25, 0.3) is 0 Å². The van der Waals surface area contributed by atoms with Crippen molar-refractivity contribution in [3.8, 4) is 0 Å². The third-order valence-corrected chi connectivity index (χ3v) is 7.58. The Kier molecular flexibility index (Phi) is 3.56. The smallest absolute Gasteiger partial charge is 0.198 e. The van der Waals surface area contributed by atoms with E-state index in [0.717, 1.165) is 15.5 Å². The lowest BCUT2D eigenvalue weighted by atomic mass is 10.4. The molecule has 0 spiro atoms. The molecule has 100 valence electrons. The van der Waals surface area contributed by atoms with Crippen molar-refractivity contribution in [3.63, 3.8) is 0 Å². The molecule has 2 nitrogen and oxygen atoms in total. The van der Waals surface area contributed by atoms with Crippen LogP contribution in [0.25, 0.3) is 0 Å². The topological polar surface area (TPSA) is 30.0 Å². The minimum Gasteiger partial charge on any atom is -0.306 e. The van der Waals surface area contributed by atoms with Gasteiger partial charge in [0.2, 0.25) is 0 Å². The van der Waals surface area contributed by atoms with Crippen molar-refractivity contribution >= 4 is 33.8 Å². The molecule has 3 rings (SSSR count). The Morgan fingerprint density at radius 2 is 1.40 bits per heavy atom. The molecule has 0 saturated carbocycles.